The van der Waals surface area contributed by atoms with Crippen molar-refractivity contribution in [3.63, 3.8) is 0 Å². The number of hydrogen-bond donors (Lipinski definition) is 3. The molecule has 0 rings (SSSR count). The first kappa shape index (κ1) is 9.29. The van der Waals surface area contributed by atoms with Gasteiger partial charge in [-0.3, -0.25) is 9.59 Å². The summed E-state index contributed by atoms with van der Waals surface area (Å²) in [7, 11) is 0. The predicted octanol–water partition coefficient (Wildman–Crippen LogP) is -1.22. The fourth-order valence-electron chi connectivity index (χ4n) is 0.389. The molecule has 0 bridgehead atoms. The third-order valence-electron chi connectivity index (χ3n) is 0.818. The summed E-state index contributed by atoms with van der Waals surface area (Å²) in [5, 5.41) is 4.94. The minimum Gasteiger partial charge on any atom is -0.357 e. The van der Waals surface area contributed by atoms with E-state index in [1.165, 1.54) is 0 Å². The quantitative estimate of drug-likeness (QED) is 0.269. The predicted molar refractivity (Wildman–Crippen MR) is 40.9 cm³/mol. The lowest BCUT2D eigenvalue weighted by atomic mass is 10.6. The van der Waals surface area contributed by atoms with Crippen LogP contribution < -0.4 is 10.6 Å². The third-order valence-corrected chi connectivity index (χ3v) is 1.11. The summed E-state index contributed by atoms with van der Waals surface area (Å²) < 4.78 is 0. The van der Waals surface area contributed by atoms with Crippen LogP contribution in [0.15, 0.2) is 0 Å². The van der Waals surface area contributed by atoms with Crippen LogP contribution in [0.5, 0.6) is 0 Å². The number of carbonyl (C=O) groups is 2. The van der Waals surface area contributed by atoms with Crippen LogP contribution in [0.25, 0.3) is 0 Å². The van der Waals surface area contributed by atoms with Gasteiger partial charge in [-0.25, -0.2) is 0 Å². The Kier molecular flexibility index (Phi) is 5.96. The van der Waals surface area contributed by atoms with Crippen molar-refractivity contribution < 1.29 is 9.59 Å². The van der Waals surface area contributed by atoms with Gasteiger partial charge in [0.25, 0.3) is 0 Å². The summed E-state index contributed by atoms with van der Waals surface area (Å²) in [6.07, 6.45) is 0.590. The summed E-state index contributed by atoms with van der Waals surface area (Å²) in [5.74, 6) is 0.0530. The molecular formula is C5H10N2O2S. The van der Waals surface area contributed by atoms with Crippen molar-refractivity contribution >= 4 is 24.9 Å². The topological polar surface area (TPSA) is 58.2 Å². The molecule has 2 N–H and O–H groups in total. The third kappa shape index (κ3) is 5.43. The smallest absolute Gasteiger partial charge is 0.229 e. The molecule has 0 fully saturated rings. The second kappa shape index (κ2) is 6.41. The van der Waals surface area contributed by atoms with E-state index in [-0.39, 0.29) is 11.7 Å². The summed E-state index contributed by atoms with van der Waals surface area (Å²) in [4.78, 5) is 20.2. The van der Waals surface area contributed by atoms with Crippen LogP contribution in [0.4, 0.5) is 0 Å². The highest BCUT2D eigenvalue weighted by Crippen LogP contribution is 1.70. The van der Waals surface area contributed by atoms with E-state index >= 15 is 0 Å². The van der Waals surface area contributed by atoms with Crippen molar-refractivity contribution in [2.75, 3.05) is 18.8 Å². The maximum Gasteiger partial charge on any atom is 0.229 e. The zero-order chi connectivity index (χ0) is 7.82. The molecule has 0 aliphatic heterocycles. The Morgan fingerprint density at radius 2 is 2.20 bits per heavy atom. The van der Waals surface area contributed by atoms with E-state index in [1.807, 2.05) is 0 Å². The Labute approximate surface area is 64.8 Å². The summed E-state index contributed by atoms with van der Waals surface area (Å²) >= 11 is 3.74. The minimum absolute atomic E-state index is 0.129. The molecule has 0 atom stereocenters. The molecule has 5 heteroatoms. The number of thiol groups is 1. The molecule has 10 heavy (non-hydrogen) atoms. The van der Waals surface area contributed by atoms with Crippen molar-refractivity contribution in [2.45, 2.75) is 0 Å². The average molecular weight is 162 g/mol. The maximum atomic E-state index is 10.5. The molecule has 0 saturated carbocycles. The van der Waals surface area contributed by atoms with E-state index in [4.69, 9.17) is 0 Å². The highest BCUT2D eigenvalue weighted by atomic mass is 32.1. The molecule has 0 aromatic carbocycles. The van der Waals surface area contributed by atoms with Crippen LogP contribution in [-0.2, 0) is 9.59 Å². The van der Waals surface area contributed by atoms with Crippen molar-refractivity contribution in [2.24, 2.45) is 0 Å². The van der Waals surface area contributed by atoms with Crippen molar-refractivity contribution in [3.05, 3.63) is 0 Å². The highest BCUT2D eigenvalue weighted by molar-refractivity contribution is 7.81. The minimum atomic E-state index is -0.129. The van der Waals surface area contributed by atoms with Crippen LogP contribution in [0.2, 0.25) is 0 Å². The number of nitrogens with one attached hydrogen (secondary N) is 2. The van der Waals surface area contributed by atoms with Crippen LogP contribution in [0, 0.1) is 0 Å². The lowest BCUT2D eigenvalue weighted by Gasteiger charge is -2.00. The van der Waals surface area contributed by atoms with Gasteiger partial charge < -0.3 is 10.6 Å². The Balaban J connectivity index is 3.03. The monoisotopic (exact) mass is 162 g/mol. The number of carbonyl (C=O) groups excluding carboxylic acids is 2. The standard InChI is InChI=1S/C5H10N2O2S/c8-4-6-1-2-7-5(9)3-10/h4,10H,1-3H2,(H,6,8)(H,7,9). The molecule has 0 aromatic heterocycles. The van der Waals surface area contributed by atoms with Gasteiger partial charge >= 0.3 is 0 Å². The Hall–Kier alpha value is -0.710. The average Bonchev–Trinajstić information content (AvgIpc) is 1.98. The van der Waals surface area contributed by atoms with E-state index in [2.05, 4.69) is 23.3 Å². The Morgan fingerprint density at radius 3 is 2.70 bits per heavy atom. The summed E-state index contributed by atoms with van der Waals surface area (Å²) in [6, 6.07) is 0. The van der Waals surface area contributed by atoms with Crippen molar-refractivity contribution in [3.8, 4) is 0 Å². The van der Waals surface area contributed by atoms with E-state index in [0.717, 1.165) is 0 Å². The van der Waals surface area contributed by atoms with Gasteiger partial charge in [-0.05, 0) is 0 Å². The number of hydrogen-bond acceptors (Lipinski definition) is 3. The Bertz CT molecular complexity index is 118. The van der Waals surface area contributed by atoms with Crippen molar-refractivity contribution in [1.82, 2.24) is 10.6 Å². The van der Waals surface area contributed by atoms with Gasteiger partial charge in [0, 0.05) is 13.1 Å². The molecule has 0 unspecified atom stereocenters. The molecule has 0 aliphatic carbocycles. The van der Waals surface area contributed by atoms with Gasteiger partial charge in [0.15, 0.2) is 0 Å². The second-order valence-electron chi connectivity index (χ2n) is 1.58. The lowest BCUT2D eigenvalue weighted by molar-refractivity contribution is -0.118. The second-order valence-corrected chi connectivity index (χ2v) is 1.90. The first-order valence-electron chi connectivity index (χ1n) is 2.86. The van der Waals surface area contributed by atoms with Crippen LogP contribution in [0.1, 0.15) is 0 Å². The molecule has 0 aromatic rings. The molecule has 58 valence electrons. The fourth-order valence-corrected chi connectivity index (χ4v) is 0.501. The van der Waals surface area contributed by atoms with Crippen LogP contribution in [-0.4, -0.2) is 31.2 Å². The number of rotatable bonds is 5. The molecule has 2 amide bonds. The first-order chi connectivity index (χ1) is 4.81. The molecule has 0 aliphatic rings. The highest BCUT2D eigenvalue weighted by Gasteiger charge is 1.93. The fraction of sp³-hybridized carbons (Fsp3) is 0.600. The maximum absolute atomic E-state index is 10.5. The van der Waals surface area contributed by atoms with Gasteiger partial charge in [-0.1, -0.05) is 0 Å². The van der Waals surface area contributed by atoms with Gasteiger partial charge in [-0.2, -0.15) is 12.6 Å². The van der Waals surface area contributed by atoms with Gasteiger partial charge in [-0.15, -0.1) is 0 Å². The molecule has 0 radical (unpaired) electrons. The van der Waals surface area contributed by atoms with Gasteiger partial charge in [0.2, 0.25) is 12.3 Å². The summed E-state index contributed by atoms with van der Waals surface area (Å²) in [6.45, 7) is 0.918. The zero-order valence-corrected chi connectivity index (χ0v) is 6.36. The largest absolute Gasteiger partial charge is 0.357 e. The summed E-state index contributed by atoms with van der Waals surface area (Å²) in [5.41, 5.74) is 0. The van der Waals surface area contributed by atoms with Gasteiger partial charge in [0.05, 0.1) is 5.75 Å². The van der Waals surface area contributed by atoms with E-state index in [9.17, 15) is 9.59 Å². The first-order valence-corrected chi connectivity index (χ1v) is 3.49. The van der Waals surface area contributed by atoms with E-state index in [0.29, 0.717) is 19.5 Å². The number of amides is 2. The molecule has 4 nitrogen and oxygen atoms in total. The normalized spacial score (nSPS) is 8.50. The van der Waals surface area contributed by atoms with Crippen LogP contribution in [0.3, 0.4) is 0 Å². The SMILES string of the molecule is O=CNCCNC(=O)CS. The molecular weight excluding hydrogens is 152 g/mol. The van der Waals surface area contributed by atoms with Gasteiger partial charge in [0.1, 0.15) is 0 Å². The molecule has 0 saturated heterocycles. The van der Waals surface area contributed by atoms with Crippen LogP contribution >= 0.6 is 12.6 Å². The lowest BCUT2D eigenvalue weighted by Crippen LogP contribution is -2.31. The van der Waals surface area contributed by atoms with E-state index < -0.39 is 0 Å². The molecule has 0 heterocycles. The van der Waals surface area contributed by atoms with Crippen molar-refractivity contribution in [1.29, 1.82) is 0 Å². The van der Waals surface area contributed by atoms with E-state index in [1.54, 1.807) is 0 Å². The molecule has 0 spiro atoms. The Morgan fingerprint density at radius 1 is 1.50 bits per heavy atom. The zero-order valence-electron chi connectivity index (χ0n) is 5.46.